The van der Waals surface area contributed by atoms with Crippen molar-refractivity contribution in [2.24, 2.45) is 5.73 Å². The van der Waals surface area contributed by atoms with Gasteiger partial charge in [0.1, 0.15) is 11.6 Å². The summed E-state index contributed by atoms with van der Waals surface area (Å²) >= 11 is 0. The summed E-state index contributed by atoms with van der Waals surface area (Å²) in [5.41, 5.74) is 11.4. The third kappa shape index (κ3) is 4.31. The Morgan fingerprint density at radius 2 is 1.96 bits per heavy atom. The maximum Gasteiger partial charge on any atom is 0.239 e. The van der Waals surface area contributed by atoms with Gasteiger partial charge in [-0.15, -0.1) is 0 Å². The minimum atomic E-state index is -0.645. The molecule has 5 nitrogen and oxygen atoms in total. The zero-order chi connectivity index (χ0) is 18.5. The van der Waals surface area contributed by atoms with Gasteiger partial charge in [0.25, 0.3) is 0 Å². The van der Waals surface area contributed by atoms with Crippen molar-refractivity contribution >= 4 is 22.5 Å². The quantitative estimate of drug-likeness (QED) is 0.593. The number of nitrogens with one attached hydrogen (secondary N) is 2. The van der Waals surface area contributed by atoms with Crippen LogP contribution in [0.3, 0.4) is 0 Å². The van der Waals surface area contributed by atoms with Crippen LogP contribution < -0.4 is 16.6 Å². The highest BCUT2D eigenvalue weighted by molar-refractivity contribution is 5.92. The minimum absolute atomic E-state index is 0.0479. The molecule has 134 valence electrons. The van der Waals surface area contributed by atoms with E-state index in [1.807, 2.05) is 30.3 Å². The van der Waals surface area contributed by atoms with Gasteiger partial charge in [-0.1, -0.05) is 24.3 Å². The van der Waals surface area contributed by atoms with Crippen LogP contribution in [0.5, 0.6) is 0 Å². The van der Waals surface area contributed by atoms with Gasteiger partial charge in [0.15, 0.2) is 5.82 Å². The number of carbonyl (C=O) groups excluding carboxylic acids is 1. The molecule has 0 fully saturated rings. The number of rotatable bonds is 6. The second-order valence-electron chi connectivity index (χ2n) is 5.96. The first-order chi connectivity index (χ1) is 12.5. The van der Waals surface area contributed by atoms with Crippen molar-refractivity contribution in [1.29, 1.82) is 0 Å². The standard InChI is InChI=1S/C19H18F2N4O/c20-14-5-6-17(21)13(9-14)10-15(22)11-18(26)24-25-19-16-4-2-1-3-12(16)7-8-23-19/h1-9,15H,10-11,22H2,(H,23,25)(H,24,26)/t15-/m1/s1. The van der Waals surface area contributed by atoms with E-state index < -0.39 is 17.7 Å². The molecule has 0 spiro atoms. The normalized spacial score (nSPS) is 12.0. The number of nitrogens with two attached hydrogens (primary N) is 1. The minimum Gasteiger partial charge on any atom is -0.327 e. The Bertz CT molecular complexity index is 927. The van der Waals surface area contributed by atoms with E-state index in [1.165, 1.54) is 0 Å². The number of pyridine rings is 1. The molecule has 26 heavy (non-hydrogen) atoms. The molecule has 3 aromatic rings. The number of benzene rings is 2. The lowest BCUT2D eigenvalue weighted by Crippen LogP contribution is -2.36. The lowest BCUT2D eigenvalue weighted by molar-refractivity contribution is -0.120. The lowest BCUT2D eigenvalue weighted by atomic mass is 10.0. The summed E-state index contributed by atoms with van der Waals surface area (Å²) in [4.78, 5) is 16.3. The van der Waals surface area contributed by atoms with Crippen LogP contribution in [0.1, 0.15) is 12.0 Å². The van der Waals surface area contributed by atoms with Gasteiger partial charge in [-0.05, 0) is 41.6 Å². The number of carbonyl (C=O) groups is 1. The summed E-state index contributed by atoms with van der Waals surface area (Å²) in [6.45, 7) is 0. The van der Waals surface area contributed by atoms with Gasteiger partial charge in [-0.2, -0.15) is 0 Å². The average molecular weight is 356 g/mol. The Morgan fingerprint density at radius 3 is 2.81 bits per heavy atom. The number of amides is 1. The van der Waals surface area contributed by atoms with Crippen LogP contribution >= 0.6 is 0 Å². The number of fused-ring (bicyclic) bond motifs is 1. The van der Waals surface area contributed by atoms with Crippen LogP contribution in [0.4, 0.5) is 14.6 Å². The monoisotopic (exact) mass is 356 g/mol. The molecule has 4 N–H and O–H groups in total. The molecule has 0 saturated carbocycles. The van der Waals surface area contributed by atoms with Gasteiger partial charge in [-0.3, -0.25) is 15.6 Å². The van der Waals surface area contributed by atoms with E-state index in [2.05, 4.69) is 15.8 Å². The molecule has 0 unspecified atom stereocenters. The van der Waals surface area contributed by atoms with Crippen molar-refractivity contribution in [2.45, 2.75) is 18.9 Å². The summed E-state index contributed by atoms with van der Waals surface area (Å²) in [7, 11) is 0. The first kappa shape index (κ1) is 17.8. The Morgan fingerprint density at radius 1 is 1.15 bits per heavy atom. The molecule has 0 bridgehead atoms. The molecule has 1 amide bonds. The van der Waals surface area contributed by atoms with Crippen molar-refractivity contribution in [3.63, 3.8) is 0 Å². The third-order valence-electron chi connectivity index (χ3n) is 3.93. The molecule has 0 saturated heterocycles. The highest BCUT2D eigenvalue weighted by Gasteiger charge is 2.14. The van der Waals surface area contributed by atoms with Crippen molar-refractivity contribution < 1.29 is 13.6 Å². The topological polar surface area (TPSA) is 80.0 Å². The largest absolute Gasteiger partial charge is 0.327 e. The van der Waals surface area contributed by atoms with E-state index in [4.69, 9.17) is 5.73 Å². The summed E-state index contributed by atoms with van der Waals surface area (Å²) in [5, 5.41) is 1.85. The summed E-state index contributed by atoms with van der Waals surface area (Å²) in [5.74, 6) is -0.938. The molecular weight excluding hydrogens is 338 g/mol. The number of anilines is 1. The highest BCUT2D eigenvalue weighted by atomic mass is 19.1. The molecule has 1 atom stereocenters. The molecule has 7 heteroatoms. The van der Waals surface area contributed by atoms with Gasteiger partial charge >= 0.3 is 0 Å². The molecule has 1 aromatic heterocycles. The van der Waals surface area contributed by atoms with Gasteiger partial charge in [0, 0.05) is 24.0 Å². The van der Waals surface area contributed by atoms with E-state index in [0.717, 1.165) is 29.0 Å². The van der Waals surface area contributed by atoms with E-state index in [9.17, 15) is 13.6 Å². The third-order valence-corrected chi connectivity index (χ3v) is 3.93. The molecule has 0 aliphatic carbocycles. The molecule has 0 aliphatic heterocycles. The first-order valence-electron chi connectivity index (χ1n) is 8.11. The molecular formula is C19H18F2N4O. The van der Waals surface area contributed by atoms with E-state index in [1.54, 1.807) is 6.20 Å². The highest BCUT2D eigenvalue weighted by Crippen LogP contribution is 2.19. The fraction of sp³-hybridized carbons (Fsp3) is 0.158. The molecule has 1 heterocycles. The molecule has 0 aliphatic rings. The fourth-order valence-electron chi connectivity index (χ4n) is 2.69. The van der Waals surface area contributed by atoms with Crippen molar-refractivity contribution in [2.75, 3.05) is 5.43 Å². The number of hydrogen-bond acceptors (Lipinski definition) is 4. The average Bonchev–Trinajstić information content (AvgIpc) is 2.63. The predicted molar refractivity (Wildman–Crippen MR) is 96.2 cm³/mol. The zero-order valence-corrected chi connectivity index (χ0v) is 13.9. The van der Waals surface area contributed by atoms with Crippen molar-refractivity contribution in [1.82, 2.24) is 10.4 Å². The van der Waals surface area contributed by atoms with Gasteiger partial charge in [0.05, 0.1) is 0 Å². The van der Waals surface area contributed by atoms with Crippen LogP contribution in [0.2, 0.25) is 0 Å². The lowest BCUT2D eigenvalue weighted by Gasteiger charge is -2.14. The number of hydrogen-bond donors (Lipinski definition) is 3. The molecule has 3 rings (SSSR count). The van der Waals surface area contributed by atoms with E-state index in [0.29, 0.717) is 5.82 Å². The smallest absolute Gasteiger partial charge is 0.239 e. The van der Waals surface area contributed by atoms with Crippen molar-refractivity contribution in [3.05, 3.63) is 71.9 Å². The Labute approximate surface area is 149 Å². The van der Waals surface area contributed by atoms with Crippen molar-refractivity contribution in [3.8, 4) is 0 Å². The van der Waals surface area contributed by atoms with Crippen LogP contribution in [0.15, 0.2) is 54.7 Å². The van der Waals surface area contributed by atoms with Gasteiger partial charge in [0.2, 0.25) is 5.91 Å². The first-order valence-corrected chi connectivity index (χ1v) is 8.11. The van der Waals surface area contributed by atoms with Crippen LogP contribution in [-0.2, 0) is 11.2 Å². The maximum atomic E-state index is 13.6. The Balaban J connectivity index is 1.57. The van der Waals surface area contributed by atoms with Crippen LogP contribution in [0, 0.1) is 11.6 Å². The fourth-order valence-corrected chi connectivity index (χ4v) is 2.69. The SMILES string of the molecule is N[C@@H](CC(=O)NNc1nccc2ccccc12)Cc1cc(F)ccc1F. The number of hydrazine groups is 1. The second-order valence-corrected chi connectivity index (χ2v) is 5.96. The Kier molecular flexibility index (Phi) is 5.38. The van der Waals surface area contributed by atoms with Gasteiger partial charge in [-0.25, -0.2) is 13.8 Å². The molecule has 0 radical (unpaired) electrons. The second kappa shape index (κ2) is 7.88. The number of nitrogens with zero attached hydrogens (tertiary/aromatic N) is 1. The van der Waals surface area contributed by atoms with E-state index in [-0.39, 0.29) is 24.3 Å². The maximum absolute atomic E-state index is 13.6. The Hall–Kier alpha value is -3.06. The summed E-state index contributed by atoms with van der Waals surface area (Å²) in [6.07, 6.45) is 1.65. The van der Waals surface area contributed by atoms with Gasteiger partial charge < -0.3 is 5.73 Å². The van der Waals surface area contributed by atoms with Crippen LogP contribution in [0.25, 0.3) is 10.8 Å². The predicted octanol–water partition coefficient (Wildman–Crippen LogP) is 2.92. The van der Waals surface area contributed by atoms with E-state index >= 15 is 0 Å². The summed E-state index contributed by atoms with van der Waals surface area (Å²) < 4.78 is 26.8. The summed E-state index contributed by atoms with van der Waals surface area (Å²) in [6, 6.07) is 12.0. The molecule has 2 aromatic carbocycles. The van der Waals surface area contributed by atoms with Crippen LogP contribution in [-0.4, -0.2) is 16.9 Å². The number of aromatic nitrogens is 1. The zero-order valence-electron chi connectivity index (χ0n) is 13.9. The number of halogens is 2.